The van der Waals surface area contributed by atoms with Gasteiger partial charge in [-0.15, -0.1) is 0 Å². The maximum Gasteiger partial charge on any atom is 0.419 e. The molecule has 1 aromatic rings. The van der Waals surface area contributed by atoms with Crippen LogP contribution >= 0.6 is 11.3 Å². The van der Waals surface area contributed by atoms with Crippen LogP contribution in [0.25, 0.3) is 0 Å². The molecular formula is C11H15F3N2O3S. The summed E-state index contributed by atoms with van der Waals surface area (Å²) in [5, 5.41) is 11.3. The molecule has 1 aromatic heterocycles. The Balaban J connectivity index is 2.83. The summed E-state index contributed by atoms with van der Waals surface area (Å²) in [4.78, 5) is 14.9. The van der Waals surface area contributed by atoms with Gasteiger partial charge in [-0.1, -0.05) is 11.3 Å². The van der Waals surface area contributed by atoms with Crippen molar-refractivity contribution in [1.29, 1.82) is 0 Å². The van der Waals surface area contributed by atoms with Crippen molar-refractivity contribution in [3.05, 3.63) is 10.6 Å². The van der Waals surface area contributed by atoms with Gasteiger partial charge in [0.05, 0.1) is 10.6 Å². The lowest BCUT2D eigenvalue weighted by atomic mass is 10.2. The van der Waals surface area contributed by atoms with Gasteiger partial charge in [-0.25, -0.2) is 9.78 Å². The maximum absolute atomic E-state index is 12.4. The first kappa shape index (κ1) is 16.7. The summed E-state index contributed by atoms with van der Waals surface area (Å²) in [6.07, 6.45) is -8.21. The highest BCUT2D eigenvalue weighted by Gasteiger charge is 2.41. The summed E-state index contributed by atoms with van der Waals surface area (Å²) in [7, 11) is 0. The topological polar surface area (TPSA) is 71.5 Å². The fourth-order valence-corrected chi connectivity index (χ4v) is 2.22. The Hall–Kier alpha value is -1.35. The second kappa shape index (κ2) is 5.57. The average Bonchev–Trinajstić information content (AvgIpc) is 2.53. The number of ether oxygens (including phenoxy) is 1. The van der Waals surface area contributed by atoms with Crippen LogP contribution in [0.2, 0.25) is 0 Å². The van der Waals surface area contributed by atoms with Gasteiger partial charge in [0.2, 0.25) is 0 Å². The standard InChI is InChI=1S/C11H15F3N2O3S/c1-5-6(7(17)11(12,13)14)20-8(15-5)16-9(18)19-10(2,3)4/h7,17H,1-4H3,(H,15,16,18)/t7-/m1/s1. The van der Waals surface area contributed by atoms with Crippen LogP contribution in [0, 0.1) is 6.92 Å². The number of alkyl halides is 3. The van der Waals surface area contributed by atoms with Gasteiger partial charge in [0, 0.05) is 0 Å². The maximum atomic E-state index is 12.4. The monoisotopic (exact) mass is 312 g/mol. The molecule has 0 fully saturated rings. The van der Waals surface area contributed by atoms with E-state index in [2.05, 4.69) is 10.3 Å². The Morgan fingerprint density at radius 1 is 1.40 bits per heavy atom. The highest BCUT2D eigenvalue weighted by atomic mass is 32.1. The van der Waals surface area contributed by atoms with Crippen LogP contribution < -0.4 is 5.32 Å². The van der Waals surface area contributed by atoms with Gasteiger partial charge in [0.25, 0.3) is 0 Å². The molecule has 0 aliphatic rings. The Labute approximate surface area is 117 Å². The molecule has 5 nitrogen and oxygen atoms in total. The highest BCUT2D eigenvalue weighted by molar-refractivity contribution is 7.16. The van der Waals surface area contributed by atoms with Crippen LogP contribution in [0.3, 0.4) is 0 Å². The zero-order chi connectivity index (χ0) is 15.7. The molecule has 2 N–H and O–H groups in total. The normalized spacial score (nSPS) is 14.0. The van der Waals surface area contributed by atoms with Crippen LogP contribution in [-0.2, 0) is 4.74 Å². The summed E-state index contributed by atoms with van der Waals surface area (Å²) < 4.78 is 42.2. The van der Waals surface area contributed by atoms with Gasteiger partial charge >= 0.3 is 12.3 Å². The van der Waals surface area contributed by atoms with Crippen molar-refractivity contribution in [1.82, 2.24) is 4.98 Å². The van der Waals surface area contributed by atoms with Crippen molar-refractivity contribution in [2.24, 2.45) is 0 Å². The number of hydrogen-bond acceptors (Lipinski definition) is 5. The third-order valence-corrected chi connectivity index (χ3v) is 3.12. The Morgan fingerprint density at radius 3 is 2.40 bits per heavy atom. The van der Waals surface area contributed by atoms with Crippen LogP contribution in [0.5, 0.6) is 0 Å². The molecule has 0 aliphatic carbocycles. The lowest BCUT2D eigenvalue weighted by Gasteiger charge is -2.18. The first-order valence-corrected chi connectivity index (χ1v) is 6.44. The molecule has 0 unspecified atom stereocenters. The van der Waals surface area contributed by atoms with Crippen LogP contribution in [0.15, 0.2) is 0 Å². The second-order valence-corrected chi connectivity index (χ2v) is 6.07. The van der Waals surface area contributed by atoms with E-state index in [4.69, 9.17) is 4.74 Å². The number of thiazole rings is 1. The molecule has 1 amide bonds. The van der Waals surface area contributed by atoms with Crippen molar-refractivity contribution in [3.8, 4) is 0 Å². The SMILES string of the molecule is Cc1nc(NC(=O)OC(C)(C)C)sc1[C@@H](O)C(F)(F)F. The van der Waals surface area contributed by atoms with Gasteiger partial charge in [-0.2, -0.15) is 13.2 Å². The van der Waals surface area contributed by atoms with E-state index in [0.717, 1.165) is 0 Å². The number of amides is 1. The third-order valence-electron chi connectivity index (χ3n) is 2.00. The molecule has 0 bridgehead atoms. The molecule has 0 aromatic carbocycles. The molecule has 1 atom stereocenters. The van der Waals surface area contributed by atoms with Crippen LogP contribution in [-0.4, -0.2) is 28.0 Å². The van der Waals surface area contributed by atoms with E-state index in [1.54, 1.807) is 20.8 Å². The minimum absolute atomic E-state index is 0.00545. The number of hydrogen-bond donors (Lipinski definition) is 2. The summed E-state index contributed by atoms with van der Waals surface area (Å²) >= 11 is 0.556. The lowest BCUT2D eigenvalue weighted by molar-refractivity contribution is -0.205. The molecule has 0 saturated carbocycles. The number of aliphatic hydroxyl groups excluding tert-OH is 1. The Morgan fingerprint density at radius 2 is 1.95 bits per heavy atom. The summed E-state index contributed by atoms with van der Waals surface area (Å²) in [6, 6.07) is 0. The molecule has 1 heterocycles. The number of anilines is 1. The molecule has 0 saturated heterocycles. The molecule has 0 radical (unpaired) electrons. The number of nitrogens with one attached hydrogen (secondary N) is 1. The van der Waals surface area contributed by atoms with Crippen LogP contribution in [0.1, 0.15) is 37.4 Å². The molecule has 114 valence electrons. The van der Waals surface area contributed by atoms with Crippen molar-refractivity contribution in [3.63, 3.8) is 0 Å². The molecule has 20 heavy (non-hydrogen) atoms. The van der Waals surface area contributed by atoms with Crippen molar-refractivity contribution in [2.45, 2.75) is 45.6 Å². The number of aromatic nitrogens is 1. The predicted octanol–water partition coefficient (Wildman–Crippen LogP) is 3.39. The summed E-state index contributed by atoms with van der Waals surface area (Å²) in [6.45, 7) is 6.27. The predicted molar refractivity (Wildman–Crippen MR) is 67.7 cm³/mol. The fraction of sp³-hybridized carbons (Fsp3) is 0.636. The summed E-state index contributed by atoms with van der Waals surface area (Å²) in [5.41, 5.74) is -0.726. The number of carbonyl (C=O) groups excluding carboxylic acids is 1. The van der Waals surface area contributed by atoms with Crippen molar-refractivity contribution < 1.29 is 27.8 Å². The van der Waals surface area contributed by atoms with E-state index in [9.17, 15) is 23.1 Å². The van der Waals surface area contributed by atoms with Gasteiger partial charge in [-0.05, 0) is 27.7 Å². The number of carbonyl (C=O) groups is 1. The molecule has 1 rings (SSSR count). The Kier molecular flexibility index (Phi) is 4.65. The van der Waals surface area contributed by atoms with E-state index in [-0.39, 0.29) is 15.7 Å². The van der Waals surface area contributed by atoms with Gasteiger partial charge in [0.1, 0.15) is 5.60 Å². The van der Waals surface area contributed by atoms with E-state index in [1.165, 1.54) is 6.92 Å². The third kappa shape index (κ3) is 4.64. The number of halogens is 3. The largest absolute Gasteiger partial charge is 0.444 e. The van der Waals surface area contributed by atoms with E-state index in [1.807, 2.05) is 0 Å². The minimum atomic E-state index is -4.78. The number of nitrogens with zero attached hydrogens (tertiary/aromatic N) is 1. The number of aliphatic hydroxyl groups is 1. The molecule has 9 heteroatoms. The second-order valence-electron chi connectivity index (χ2n) is 5.04. The summed E-state index contributed by atoms with van der Waals surface area (Å²) in [5.74, 6) is 0. The zero-order valence-electron chi connectivity index (χ0n) is 11.3. The van der Waals surface area contributed by atoms with E-state index in [0.29, 0.717) is 11.3 Å². The number of rotatable bonds is 2. The van der Waals surface area contributed by atoms with Crippen molar-refractivity contribution >= 4 is 22.6 Å². The Bertz CT molecular complexity index is 494. The van der Waals surface area contributed by atoms with E-state index >= 15 is 0 Å². The molecule has 0 aliphatic heterocycles. The van der Waals surface area contributed by atoms with Gasteiger partial charge in [-0.3, -0.25) is 5.32 Å². The minimum Gasteiger partial charge on any atom is -0.444 e. The molecule has 0 spiro atoms. The van der Waals surface area contributed by atoms with E-state index < -0.39 is 24.0 Å². The van der Waals surface area contributed by atoms with Gasteiger partial charge < -0.3 is 9.84 Å². The smallest absolute Gasteiger partial charge is 0.419 e. The lowest BCUT2D eigenvalue weighted by Crippen LogP contribution is -2.27. The van der Waals surface area contributed by atoms with Crippen molar-refractivity contribution in [2.75, 3.05) is 5.32 Å². The first-order valence-electron chi connectivity index (χ1n) is 5.62. The zero-order valence-corrected chi connectivity index (χ0v) is 12.1. The highest BCUT2D eigenvalue weighted by Crippen LogP contribution is 2.38. The average molecular weight is 312 g/mol. The van der Waals surface area contributed by atoms with Crippen LogP contribution in [0.4, 0.5) is 23.1 Å². The molecular weight excluding hydrogens is 297 g/mol. The first-order chi connectivity index (χ1) is 8.90. The van der Waals surface area contributed by atoms with Gasteiger partial charge in [0.15, 0.2) is 11.2 Å². The number of aryl methyl sites for hydroxylation is 1. The fourth-order valence-electron chi connectivity index (χ4n) is 1.25. The quantitative estimate of drug-likeness (QED) is 0.878.